The Morgan fingerprint density at radius 2 is 1.64 bits per heavy atom. The number of aryl methyl sites for hydroxylation is 1. The van der Waals surface area contributed by atoms with Crippen molar-refractivity contribution in [2.75, 3.05) is 13.7 Å². The van der Waals surface area contributed by atoms with Gasteiger partial charge in [0, 0.05) is 0 Å². The summed E-state index contributed by atoms with van der Waals surface area (Å²) in [7, 11) is -2.13. The number of benzene rings is 2. The molecule has 0 radical (unpaired) electrons. The van der Waals surface area contributed by atoms with E-state index < -0.39 is 15.8 Å². The molecule has 0 unspecified atom stereocenters. The Bertz CT molecular complexity index is 842. The van der Waals surface area contributed by atoms with Crippen LogP contribution in [0, 0.1) is 0 Å². The molecule has 0 fully saturated rings. The van der Waals surface area contributed by atoms with E-state index in [0.29, 0.717) is 17.7 Å². The molecule has 0 saturated carbocycles. The highest BCUT2D eigenvalue weighted by Gasteiger charge is 2.25. The maximum Gasteiger partial charge on any atom is 0.342 e. The fourth-order valence-corrected chi connectivity index (χ4v) is 4.03. The summed E-state index contributed by atoms with van der Waals surface area (Å²) in [6.07, 6.45) is 0.654. The van der Waals surface area contributed by atoms with E-state index >= 15 is 0 Å². The smallest absolute Gasteiger partial charge is 0.342 e. The first-order chi connectivity index (χ1) is 11.9. The minimum Gasteiger partial charge on any atom is -0.496 e. The number of hydrogen-bond donors (Lipinski definition) is 0. The number of ether oxygens (including phenoxy) is 2. The normalized spacial score (nSPS) is 11.2. The monoisotopic (exact) mass is 362 g/mol. The summed E-state index contributed by atoms with van der Waals surface area (Å²) >= 11 is 0. The van der Waals surface area contributed by atoms with Gasteiger partial charge < -0.3 is 9.47 Å². The molecule has 0 amide bonds. The molecule has 0 saturated heterocycles. The second-order valence-electron chi connectivity index (χ2n) is 5.44. The molecular weight excluding hydrogens is 340 g/mol. The summed E-state index contributed by atoms with van der Waals surface area (Å²) in [6, 6.07) is 11.6. The quantitative estimate of drug-likeness (QED) is 0.706. The Morgan fingerprint density at radius 1 is 1.00 bits per heavy atom. The summed E-state index contributed by atoms with van der Waals surface area (Å²) in [5.74, 6) is -0.500. The van der Waals surface area contributed by atoms with E-state index in [1.165, 1.54) is 19.2 Å². The molecule has 0 aromatic heterocycles. The SMILES string of the molecule is CCOC(=O)c1c(CS(=O)(=O)c2ccccc2)ccc(CC)c1OC. The van der Waals surface area contributed by atoms with Gasteiger partial charge in [0.2, 0.25) is 0 Å². The van der Waals surface area contributed by atoms with E-state index in [1.807, 2.05) is 6.92 Å². The molecule has 25 heavy (non-hydrogen) atoms. The van der Waals surface area contributed by atoms with Gasteiger partial charge in [-0.3, -0.25) is 0 Å². The van der Waals surface area contributed by atoms with Gasteiger partial charge in [0.15, 0.2) is 9.84 Å². The minimum atomic E-state index is -3.59. The van der Waals surface area contributed by atoms with Gasteiger partial charge in [0.1, 0.15) is 11.3 Å². The number of methoxy groups -OCH3 is 1. The molecule has 0 aliphatic rings. The van der Waals surface area contributed by atoms with E-state index in [2.05, 4.69) is 0 Å². The fraction of sp³-hybridized carbons (Fsp3) is 0.316. The number of rotatable bonds is 7. The molecule has 2 aromatic rings. The summed E-state index contributed by atoms with van der Waals surface area (Å²) in [6.45, 7) is 3.84. The van der Waals surface area contributed by atoms with Gasteiger partial charge >= 0.3 is 5.97 Å². The Kier molecular flexibility index (Phi) is 6.20. The van der Waals surface area contributed by atoms with E-state index in [1.54, 1.807) is 37.3 Å². The second-order valence-corrected chi connectivity index (χ2v) is 7.43. The first-order valence-corrected chi connectivity index (χ1v) is 9.73. The molecule has 2 rings (SSSR count). The van der Waals surface area contributed by atoms with Crippen LogP contribution in [-0.4, -0.2) is 28.1 Å². The topological polar surface area (TPSA) is 69.7 Å². The number of esters is 1. The van der Waals surface area contributed by atoms with Crippen molar-refractivity contribution in [3.05, 3.63) is 59.2 Å². The van der Waals surface area contributed by atoms with E-state index in [9.17, 15) is 13.2 Å². The van der Waals surface area contributed by atoms with Crippen molar-refractivity contribution >= 4 is 15.8 Å². The van der Waals surface area contributed by atoms with Crippen molar-refractivity contribution in [2.24, 2.45) is 0 Å². The predicted molar refractivity (Wildman–Crippen MR) is 95.7 cm³/mol. The van der Waals surface area contributed by atoms with Crippen LogP contribution in [0.1, 0.15) is 35.3 Å². The lowest BCUT2D eigenvalue weighted by Gasteiger charge is -2.16. The van der Waals surface area contributed by atoms with E-state index in [0.717, 1.165) is 5.56 Å². The van der Waals surface area contributed by atoms with E-state index in [-0.39, 0.29) is 22.8 Å². The van der Waals surface area contributed by atoms with Crippen LogP contribution in [0.5, 0.6) is 5.75 Å². The van der Waals surface area contributed by atoms with Gasteiger partial charge in [0.25, 0.3) is 0 Å². The van der Waals surface area contributed by atoms with E-state index in [4.69, 9.17) is 9.47 Å². The van der Waals surface area contributed by atoms with Crippen LogP contribution >= 0.6 is 0 Å². The molecule has 134 valence electrons. The summed E-state index contributed by atoms with van der Waals surface area (Å²) in [5.41, 5.74) is 1.38. The summed E-state index contributed by atoms with van der Waals surface area (Å²) < 4.78 is 35.9. The van der Waals surface area contributed by atoms with Crippen LogP contribution in [0.15, 0.2) is 47.4 Å². The third-order valence-electron chi connectivity index (χ3n) is 3.84. The highest BCUT2D eigenvalue weighted by molar-refractivity contribution is 7.90. The average molecular weight is 362 g/mol. The maximum absolute atomic E-state index is 12.7. The van der Waals surface area contributed by atoms with Gasteiger partial charge in [-0.2, -0.15) is 0 Å². The third-order valence-corrected chi connectivity index (χ3v) is 5.52. The Morgan fingerprint density at radius 3 is 2.20 bits per heavy atom. The van der Waals surface area contributed by atoms with Gasteiger partial charge in [-0.15, -0.1) is 0 Å². The third kappa shape index (κ3) is 4.20. The molecule has 0 spiro atoms. The van der Waals surface area contributed by atoms with Crippen LogP contribution in [0.3, 0.4) is 0 Å². The van der Waals surface area contributed by atoms with Crippen LogP contribution in [0.25, 0.3) is 0 Å². The highest BCUT2D eigenvalue weighted by Crippen LogP contribution is 2.31. The van der Waals surface area contributed by atoms with Crippen molar-refractivity contribution in [3.8, 4) is 5.75 Å². The Hall–Kier alpha value is -2.34. The summed E-state index contributed by atoms with van der Waals surface area (Å²) in [5, 5.41) is 0. The number of hydrogen-bond acceptors (Lipinski definition) is 5. The van der Waals surface area contributed by atoms with Crippen molar-refractivity contribution in [1.82, 2.24) is 0 Å². The Labute approximate surface area is 148 Å². The standard InChI is InChI=1S/C19H22O5S/c1-4-14-11-12-15(17(18(14)23-3)19(20)24-5-2)13-25(21,22)16-9-7-6-8-10-16/h6-12H,4-5,13H2,1-3H3. The number of carbonyl (C=O) groups is 1. The molecule has 2 aromatic carbocycles. The summed E-state index contributed by atoms with van der Waals surface area (Å²) in [4.78, 5) is 12.7. The predicted octanol–water partition coefficient (Wildman–Crippen LogP) is 3.41. The molecule has 0 heterocycles. The van der Waals surface area contributed by atoms with Gasteiger partial charge in [-0.05, 0) is 36.6 Å². The lowest BCUT2D eigenvalue weighted by atomic mass is 10.0. The average Bonchev–Trinajstić information content (AvgIpc) is 2.61. The van der Waals surface area contributed by atoms with Crippen LogP contribution in [-0.2, 0) is 26.7 Å². The zero-order valence-corrected chi connectivity index (χ0v) is 15.4. The zero-order valence-electron chi connectivity index (χ0n) is 14.6. The maximum atomic E-state index is 12.7. The largest absolute Gasteiger partial charge is 0.496 e. The van der Waals surface area contributed by atoms with Crippen molar-refractivity contribution < 1.29 is 22.7 Å². The number of sulfone groups is 1. The molecule has 0 atom stereocenters. The Balaban J connectivity index is 2.55. The van der Waals surface area contributed by atoms with Crippen molar-refractivity contribution in [2.45, 2.75) is 30.9 Å². The molecular formula is C19H22O5S. The zero-order chi connectivity index (χ0) is 18.4. The van der Waals surface area contributed by atoms with Gasteiger partial charge in [-0.1, -0.05) is 37.3 Å². The molecule has 6 heteroatoms. The van der Waals surface area contributed by atoms with Crippen molar-refractivity contribution in [3.63, 3.8) is 0 Å². The lowest BCUT2D eigenvalue weighted by molar-refractivity contribution is 0.0521. The number of carbonyl (C=O) groups excluding carboxylic acids is 1. The van der Waals surface area contributed by atoms with Gasteiger partial charge in [0.05, 0.1) is 24.4 Å². The lowest BCUT2D eigenvalue weighted by Crippen LogP contribution is -2.14. The molecule has 0 N–H and O–H groups in total. The minimum absolute atomic E-state index is 0.184. The van der Waals surface area contributed by atoms with Crippen LogP contribution in [0.4, 0.5) is 0 Å². The van der Waals surface area contributed by atoms with Crippen LogP contribution < -0.4 is 4.74 Å². The van der Waals surface area contributed by atoms with Gasteiger partial charge in [-0.25, -0.2) is 13.2 Å². The highest BCUT2D eigenvalue weighted by atomic mass is 32.2. The first-order valence-electron chi connectivity index (χ1n) is 8.08. The fourth-order valence-electron chi connectivity index (χ4n) is 2.64. The first kappa shape index (κ1) is 19.0. The molecule has 5 nitrogen and oxygen atoms in total. The van der Waals surface area contributed by atoms with Crippen LogP contribution in [0.2, 0.25) is 0 Å². The van der Waals surface area contributed by atoms with Crippen molar-refractivity contribution in [1.29, 1.82) is 0 Å². The molecule has 0 aliphatic carbocycles. The molecule has 0 aliphatic heterocycles. The molecule has 0 bridgehead atoms. The second kappa shape index (κ2) is 8.16.